The van der Waals surface area contributed by atoms with Gasteiger partial charge in [-0.15, -0.1) is 0 Å². The Morgan fingerprint density at radius 1 is 1.44 bits per heavy atom. The lowest BCUT2D eigenvalue weighted by Gasteiger charge is -2.30. The number of nitrogens with zero attached hydrogens (tertiary/aromatic N) is 1. The number of carbonyl (C=O) groups is 1. The fourth-order valence-corrected chi connectivity index (χ4v) is 2.08. The average Bonchev–Trinajstić information content (AvgIpc) is 2.27. The molecule has 3 heteroatoms. The van der Waals surface area contributed by atoms with Crippen molar-refractivity contribution in [3.8, 4) is 0 Å². The monoisotopic (exact) mass is 224 g/mol. The second-order valence-corrected chi connectivity index (χ2v) is 5.36. The molecular weight excluding hydrogens is 200 g/mol. The van der Waals surface area contributed by atoms with Crippen LogP contribution in [0.5, 0.6) is 0 Å². The first kappa shape index (κ1) is 13.2. The number of amides is 1. The van der Waals surface area contributed by atoms with Crippen LogP contribution in [-0.2, 0) is 4.79 Å². The molecule has 1 rings (SSSR count). The molecule has 0 aliphatic heterocycles. The maximum atomic E-state index is 11.9. The summed E-state index contributed by atoms with van der Waals surface area (Å²) < 4.78 is 0. The lowest BCUT2D eigenvalue weighted by atomic mass is 9.93. The van der Waals surface area contributed by atoms with Crippen molar-refractivity contribution in [1.29, 1.82) is 0 Å². The van der Waals surface area contributed by atoms with E-state index in [9.17, 15) is 4.79 Å². The molecule has 16 heavy (non-hydrogen) atoms. The van der Waals surface area contributed by atoms with Crippen LogP contribution in [0.2, 0.25) is 0 Å². The molecule has 1 atom stereocenters. The second-order valence-electron chi connectivity index (χ2n) is 5.36. The number of nitrogens with one attached hydrogen (secondary N) is 1. The average molecular weight is 224 g/mol. The summed E-state index contributed by atoms with van der Waals surface area (Å²) in [4.78, 5) is 13.5. The predicted molar refractivity (Wildman–Crippen MR) is 67.3 cm³/mol. The highest BCUT2D eigenvalue weighted by Gasteiger charge is 2.29. The molecular formula is C13H24N2O. The van der Waals surface area contributed by atoms with Gasteiger partial charge in [-0.25, -0.2) is 0 Å². The molecule has 0 saturated heterocycles. The van der Waals surface area contributed by atoms with Gasteiger partial charge in [0.1, 0.15) is 0 Å². The van der Waals surface area contributed by atoms with E-state index in [2.05, 4.69) is 17.5 Å². The summed E-state index contributed by atoms with van der Waals surface area (Å²) >= 11 is 0. The first-order chi connectivity index (χ1) is 7.43. The summed E-state index contributed by atoms with van der Waals surface area (Å²) in [5, 5.41) is 3.38. The zero-order valence-electron chi connectivity index (χ0n) is 10.9. The van der Waals surface area contributed by atoms with E-state index in [0.29, 0.717) is 5.92 Å². The van der Waals surface area contributed by atoms with Gasteiger partial charge in [0, 0.05) is 14.1 Å². The molecule has 0 spiro atoms. The second kappa shape index (κ2) is 5.48. The standard InChI is InChI=1S/C13H24N2O/c1-13(2,12(16)15(3)4)14-10-11-8-6-5-7-9-11/h5-6,11,14H,7-10H2,1-4H3. The van der Waals surface area contributed by atoms with Gasteiger partial charge in [0.25, 0.3) is 0 Å². The summed E-state index contributed by atoms with van der Waals surface area (Å²) in [5.74, 6) is 0.818. The van der Waals surface area contributed by atoms with Crippen molar-refractivity contribution in [2.45, 2.75) is 38.6 Å². The van der Waals surface area contributed by atoms with Crippen LogP contribution in [0, 0.1) is 5.92 Å². The Morgan fingerprint density at radius 3 is 2.62 bits per heavy atom. The Balaban J connectivity index is 2.40. The highest BCUT2D eigenvalue weighted by molar-refractivity contribution is 5.85. The summed E-state index contributed by atoms with van der Waals surface area (Å²) in [5.41, 5.74) is -0.454. The number of hydrogen-bond acceptors (Lipinski definition) is 2. The molecule has 1 aliphatic carbocycles. The van der Waals surface area contributed by atoms with E-state index in [4.69, 9.17) is 0 Å². The van der Waals surface area contributed by atoms with Gasteiger partial charge < -0.3 is 10.2 Å². The van der Waals surface area contributed by atoms with Gasteiger partial charge in [-0.3, -0.25) is 4.79 Å². The topological polar surface area (TPSA) is 32.3 Å². The zero-order valence-corrected chi connectivity index (χ0v) is 10.9. The summed E-state index contributed by atoms with van der Waals surface area (Å²) in [7, 11) is 3.60. The molecule has 0 heterocycles. The number of carbonyl (C=O) groups excluding carboxylic acids is 1. The van der Waals surface area contributed by atoms with Gasteiger partial charge in [0.2, 0.25) is 5.91 Å². The normalized spacial score (nSPS) is 20.9. The fraction of sp³-hybridized carbons (Fsp3) is 0.769. The highest BCUT2D eigenvalue weighted by Crippen LogP contribution is 2.18. The van der Waals surface area contributed by atoms with E-state index in [1.165, 1.54) is 12.8 Å². The third kappa shape index (κ3) is 3.63. The predicted octanol–water partition coefficient (Wildman–Crippen LogP) is 1.80. The minimum atomic E-state index is -0.454. The van der Waals surface area contributed by atoms with Gasteiger partial charge in [-0.1, -0.05) is 12.2 Å². The van der Waals surface area contributed by atoms with Crippen molar-refractivity contribution in [2.24, 2.45) is 5.92 Å². The minimum Gasteiger partial charge on any atom is -0.347 e. The van der Waals surface area contributed by atoms with E-state index in [1.807, 2.05) is 13.8 Å². The van der Waals surface area contributed by atoms with E-state index in [-0.39, 0.29) is 5.91 Å². The maximum Gasteiger partial charge on any atom is 0.241 e. The number of hydrogen-bond donors (Lipinski definition) is 1. The van der Waals surface area contributed by atoms with Crippen molar-refractivity contribution >= 4 is 5.91 Å². The number of likely N-dealkylation sites (N-methyl/N-ethyl adjacent to an activating group) is 1. The fourth-order valence-electron chi connectivity index (χ4n) is 2.08. The van der Waals surface area contributed by atoms with Crippen LogP contribution < -0.4 is 5.32 Å². The third-order valence-corrected chi connectivity index (χ3v) is 3.15. The smallest absolute Gasteiger partial charge is 0.241 e. The van der Waals surface area contributed by atoms with Crippen molar-refractivity contribution in [1.82, 2.24) is 10.2 Å². The Hall–Kier alpha value is -0.830. The van der Waals surface area contributed by atoms with Crippen molar-refractivity contribution in [3.05, 3.63) is 12.2 Å². The first-order valence-corrected chi connectivity index (χ1v) is 6.05. The van der Waals surface area contributed by atoms with Crippen LogP contribution in [-0.4, -0.2) is 37.0 Å². The molecule has 0 radical (unpaired) electrons. The lowest BCUT2D eigenvalue weighted by Crippen LogP contribution is -2.53. The van der Waals surface area contributed by atoms with Crippen LogP contribution in [0.3, 0.4) is 0 Å². The Bertz CT molecular complexity index is 269. The summed E-state index contributed by atoms with van der Waals surface area (Å²) in [6, 6.07) is 0. The van der Waals surface area contributed by atoms with Crippen LogP contribution >= 0.6 is 0 Å². The van der Waals surface area contributed by atoms with E-state index < -0.39 is 5.54 Å². The summed E-state index contributed by atoms with van der Waals surface area (Å²) in [6.45, 7) is 4.83. The van der Waals surface area contributed by atoms with Gasteiger partial charge in [0.15, 0.2) is 0 Å². The van der Waals surface area contributed by atoms with Crippen LogP contribution in [0.1, 0.15) is 33.1 Å². The van der Waals surface area contributed by atoms with Crippen LogP contribution in [0.15, 0.2) is 12.2 Å². The molecule has 3 nitrogen and oxygen atoms in total. The minimum absolute atomic E-state index is 0.138. The van der Waals surface area contributed by atoms with E-state index in [1.54, 1.807) is 19.0 Å². The maximum absolute atomic E-state index is 11.9. The zero-order chi connectivity index (χ0) is 12.2. The SMILES string of the molecule is CN(C)C(=O)C(C)(C)NCC1CC=CCC1. The van der Waals surface area contributed by atoms with Crippen LogP contribution in [0.25, 0.3) is 0 Å². The number of allylic oxidation sites excluding steroid dienone is 2. The summed E-state index contributed by atoms with van der Waals surface area (Å²) in [6.07, 6.45) is 8.03. The number of rotatable bonds is 4. The van der Waals surface area contributed by atoms with Crippen molar-refractivity contribution in [2.75, 3.05) is 20.6 Å². The molecule has 1 aliphatic rings. The van der Waals surface area contributed by atoms with E-state index >= 15 is 0 Å². The molecule has 0 aromatic rings. The lowest BCUT2D eigenvalue weighted by molar-refractivity contribution is -0.134. The Kier molecular flexibility index (Phi) is 4.54. The quantitative estimate of drug-likeness (QED) is 0.739. The van der Waals surface area contributed by atoms with Gasteiger partial charge >= 0.3 is 0 Å². The molecule has 1 amide bonds. The molecule has 1 unspecified atom stereocenters. The molecule has 1 N–H and O–H groups in total. The van der Waals surface area contributed by atoms with Gasteiger partial charge in [0.05, 0.1) is 5.54 Å². The first-order valence-electron chi connectivity index (χ1n) is 6.05. The molecule has 0 fully saturated rings. The Labute approximate surface area is 98.9 Å². The van der Waals surface area contributed by atoms with Gasteiger partial charge in [-0.2, -0.15) is 0 Å². The highest BCUT2D eigenvalue weighted by atomic mass is 16.2. The molecule has 92 valence electrons. The Morgan fingerprint density at radius 2 is 2.12 bits per heavy atom. The molecule has 0 aromatic carbocycles. The van der Waals surface area contributed by atoms with Crippen LogP contribution in [0.4, 0.5) is 0 Å². The molecule has 0 aromatic heterocycles. The van der Waals surface area contributed by atoms with Gasteiger partial charge in [-0.05, 0) is 45.6 Å². The molecule has 0 bridgehead atoms. The van der Waals surface area contributed by atoms with Crippen molar-refractivity contribution < 1.29 is 4.79 Å². The largest absolute Gasteiger partial charge is 0.347 e. The molecule has 0 saturated carbocycles. The van der Waals surface area contributed by atoms with E-state index in [0.717, 1.165) is 13.0 Å². The van der Waals surface area contributed by atoms with Crippen molar-refractivity contribution in [3.63, 3.8) is 0 Å². The third-order valence-electron chi connectivity index (χ3n) is 3.15.